The van der Waals surface area contributed by atoms with Crippen molar-refractivity contribution in [2.75, 3.05) is 12.4 Å². The third kappa shape index (κ3) is 3.61. The first kappa shape index (κ1) is 16.9. The van der Waals surface area contributed by atoms with E-state index < -0.39 is 6.03 Å². The van der Waals surface area contributed by atoms with Crippen molar-refractivity contribution in [3.8, 4) is 0 Å². The quantitative estimate of drug-likeness (QED) is 0.750. The minimum absolute atomic E-state index is 0.153. The Kier molecular flexibility index (Phi) is 4.67. The van der Waals surface area contributed by atoms with Gasteiger partial charge in [0, 0.05) is 18.3 Å². The molecule has 0 bridgehead atoms. The fourth-order valence-electron chi connectivity index (χ4n) is 2.49. The topological polar surface area (TPSA) is 88.3 Å². The molecule has 6 nitrogen and oxygen atoms in total. The first-order chi connectivity index (χ1) is 12.0. The van der Waals surface area contributed by atoms with Gasteiger partial charge in [0.1, 0.15) is 5.01 Å². The molecule has 3 aromatic rings. The number of amides is 3. The zero-order valence-corrected chi connectivity index (χ0v) is 14.7. The minimum Gasteiger partial charge on any atom is -0.351 e. The van der Waals surface area contributed by atoms with Gasteiger partial charge in [-0.3, -0.25) is 4.79 Å². The SMILES string of the molecule is C[C@@H](c1nc2ccccc2s1)N(C)C(=O)c1cccc(NC(N)=O)c1. The van der Waals surface area contributed by atoms with Gasteiger partial charge in [-0.25, -0.2) is 9.78 Å². The number of nitrogens with zero attached hydrogens (tertiary/aromatic N) is 2. The zero-order chi connectivity index (χ0) is 18.0. The molecule has 0 radical (unpaired) electrons. The number of primary amides is 1. The normalized spacial score (nSPS) is 11.9. The molecular weight excluding hydrogens is 336 g/mol. The summed E-state index contributed by atoms with van der Waals surface area (Å²) in [5, 5.41) is 3.35. The molecule has 128 valence electrons. The molecule has 0 fully saturated rings. The van der Waals surface area contributed by atoms with Crippen molar-refractivity contribution in [1.82, 2.24) is 9.88 Å². The lowest BCUT2D eigenvalue weighted by Gasteiger charge is -2.23. The Morgan fingerprint density at radius 2 is 1.96 bits per heavy atom. The van der Waals surface area contributed by atoms with E-state index in [-0.39, 0.29) is 11.9 Å². The average molecular weight is 354 g/mol. The Morgan fingerprint density at radius 1 is 1.20 bits per heavy atom. The van der Waals surface area contributed by atoms with E-state index in [1.54, 1.807) is 47.5 Å². The number of benzene rings is 2. The van der Waals surface area contributed by atoms with Crippen LogP contribution >= 0.6 is 11.3 Å². The van der Waals surface area contributed by atoms with Gasteiger partial charge in [-0.2, -0.15) is 0 Å². The summed E-state index contributed by atoms with van der Waals surface area (Å²) in [5.74, 6) is -0.153. The number of rotatable bonds is 4. The third-order valence-corrected chi connectivity index (χ3v) is 5.15. The molecule has 0 aliphatic carbocycles. The summed E-state index contributed by atoms with van der Waals surface area (Å²) in [4.78, 5) is 30.0. The van der Waals surface area contributed by atoms with Crippen LogP contribution in [-0.4, -0.2) is 28.9 Å². The lowest BCUT2D eigenvalue weighted by Crippen LogP contribution is -2.29. The number of carbonyl (C=O) groups is 2. The van der Waals surface area contributed by atoms with Gasteiger partial charge in [-0.05, 0) is 37.3 Å². The molecule has 0 aliphatic rings. The number of nitrogens with one attached hydrogen (secondary N) is 1. The summed E-state index contributed by atoms with van der Waals surface area (Å²) in [7, 11) is 1.74. The van der Waals surface area contributed by atoms with Crippen LogP contribution in [0.2, 0.25) is 0 Å². The van der Waals surface area contributed by atoms with Crippen LogP contribution in [0.5, 0.6) is 0 Å². The lowest BCUT2D eigenvalue weighted by atomic mass is 10.1. The maximum atomic E-state index is 12.8. The highest BCUT2D eigenvalue weighted by atomic mass is 32.1. The van der Waals surface area contributed by atoms with Gasteiger partial charge < -0.3 is 16.0 Å². The molecule has 0 unspecified atom stereocenters. The van der Waals surface area contributed by atoms with Crippen LogP contribution in [0.25, 0.3) is 10.2 Å². The first-order valence-electron chi connectivity index (χ1n) is 7.75. The number of hydrogen-bond donors (Lipinski definition) is 2. The predicted octanol–water partition coefficient (Wildman–Crippen LogP) is 3.62. The molecule has 0 spiro atoms. The minimum atomic E-state index is -0.666. The van der Waals surface area contributed by atoms with Crippen molar-refractivity contribution < 1.29 is 9.59 Å². The number of thiazole rings is 1. The second-order valence-electron chi connectivity index (χ2n) is 5.68. The van der Waals surface area contributed by atoms with Gasteiger partial charge in [-0.15, -0.1) is 11.3 Å². The van der Waals surface area contributed by atoms with Crippen LogP contribution < -0.4 is 11.1 Å². The van der Waals surface area contributed by atoms with Crippen molar-refractivity contribution in [3.63, 3.8) is 0 Å². The molecule has 0 saturated carbocycles. The highest BCUT2D eigenvalue weighted by molar-refractivity contribution is 7.18. The van der Waals surface area contributed by atoms with E-state index in [4.69, 9.17) is 5.73 Å². The predicted molar refractivity (Wildman–Crippen MR) is 99.8 cm³/mol. The second-order valence-corrected chi connectivity index (χ2v) is 6.74. The molecule has 1 aromatic heterocycles. The van der Waals surface area contributed by atoms with Crippen molar-refractivity contribution in [2.45, 2.75) is 13.0 Å². The summed E-state index contributed by atoms with van der Waals surface area (Å²) >= 11 is 1.58. The van der Waals surface area contributed by atoms with Gasteiger partial charge in [0.05, 0.1) is 16.3 Å². The van der Waals surface area contributed by atoms with Crippen LogP contribution in [0.4, 0.5) is 10.5 Å². The molecular formula is C18H18N4O2S. The van der Waals surface area contributed by atoms with Crippen LogP contribution in [0.1, 0.15) is 28.3 Å². The fraction of sp³-hybridized carbons (Fsp3) is 0.167. The number of fused-ring (bicyclic) bond motifs is 1. The molecule has 1 atom stereocenters. The molecule has 0 aliphatic heterocycles. The highest BCUT2D eigenvalue weighted by Crippen LogP contribution is 2.29. The number of aromatic nitrogens is 1. The van der Waals surface area contributed by atoms with Crippen LogP contribution in [0.3, 0.4) is 0 Å². The maximum Gasteiger partial charge on any atom is 0.316 e. The summed E-state index contributed by atoms with van der Waals surface area (Å²) in [5.41, 5.74) is 7.01. The standard InChI is InChI=1S/C18H18N4O2S/c1-11(16-21-14-8-3-4-9-15(14)25-16)22(2)17(23)12-6-5-7-13(10-12)20-18(19)24/h3-11H,1-2H3,(H3,19,20,24)/t11-/m0/s1. The van der Waals surface area contributed by atoms with E-state index >= 15 is 0 Å². The van der Waals surface area contributed by atoms with E-state index in [2.05, 4.69) is 10.3 Å². The molecule has 7 heteroatoms. The molecule has 3 N–H and O–H groups in total. The van der Waals surface area contributed by atoms with Gasteiger partial charge in [0.2, 0.25) is 0 Å². The van der Waals surface area contributed by atoms with Crippen LogP contribution in [0.15, 0.2) is 48.5 Å². The van der Waals surface area contributed by atoms with Gasteiger partial charge in [0.15, 0.2) is 0 Å². The Morgan fingerprint density at radius 3 is 2.68 bits per heavy atom. The molecule has 3 amide bonds. The molecule has 3 rings (SSSR count). The van der Waals surface area contributed by atoms with E-state index in [1.807, 2.05) is 31.2 Å². The Hall–Kier alpha value is -2.93. The van der Waals surface area contributed by atoms with E-state index in [0.29, 0.717) is 11.3 Å². The Labute approximate surface area is 149 Å². The smallest absolute Gasteiger partial charge is 0.316 e. The van der Waals surface area contributed by atoms with Gasteiger partial charge >= 0.3 is 6.03 Å². The van der Waals surface area contributed by atoms with E-state index in [1.165, 1.54) is 0 Å². The number of para-hydroxylation sites is 1. The van der Waals surface area contributed by atoms with Crippen molar-refractivity contribution in [2.24, 2.45) is 5.73 Å². The van der Waals surface area contributed by atoms with Crippen LogP contribution in [0, 0.1) is 0 Å². The van der Waals surface area contributed by atoms with Gasteiger partial charge in [0.25, 0.3) is 5.91 Å². The second kappa shape index (κ2) is 6.90. The largest absolute Gasteiger partial charge is 0.351 e. The molecule has 2 aromatic carbocycles. The van der Waals surface area contributed by atoms with Crippen LogP contribution in [-0.2, 0) is 0 Å². The number of anilines is 1. The molecule has 0 saturated heterocycles. The number of urea groups is 1. The lowest BCUT2D eigenvalue weighted by molar-refractivity contribution is 0.0742. The van der Waals surface area contributed by atoms with Gasteiger partial charge in [-0.1, -0.05) is 18.2 Å². The molecule has 25 heavy (non-hydrogen) atoms. The average Bonchev–Trinajstić information content (AvgIpc) is 3.03. The Balaban J connectivity index is 1.82. The Bertz CT molecular complexity index is 904. The highest BCUT2D eigenvalue weighted by Gasteiger charge is 2.22. The number of carbonyl (C=O) groups excluding carboxylic acids is 2. The maximum absolute atomic E-state index is 12.8. The number of nitrogens with two attached hydrogens (primary N) is 1. The molecule has 1 heterocycles. The van der Waals surface area contributed by atoms with E-state index in [9.17, 15) is 9.59 Å². The monoisotopic (exact) mass is 354 g/mol. The van der Waals surface area contributed by atoms with Crippen molar-refractivity contribution >= 4 is 39.2 Å². The summed E-state index contributed by atoms with van der Waals surface area (Å²) in [6.07, 6.45) is 0. The van der Waals surface area contributed by atoms with E-state index in [0.717, 1.165) is 15.2 Å². The van der Waals surface area contributed by atoms with Crippen molar-refractivity contribution in [3.05, 3.63) is 59.1 Å². The summed E-state index contributed by atoms with van der Waals surface area (Å²) in [6, 6.07) is 13.8. The summed E-state index contributed by atoms with van der Waals surface area (Å²) < 4.78 is 1.10. The number of hydrogen-bond acceptors (Lipinski definition) is 4. The fourth-order valence-corrected chi connectivity index (χ4v) is 3.55. The first-order valence-corrected chi connectivity index (χ1v) is 8.56. The van der Waals surface area contributed by atoms with Crippen molar-refractivity contribution in [1.29, 1.82) is 0 Å². The summed E-state index contributed by atoms with van der Waals surface area (Å²) in [6.45, 7) is 1.95. The third-order valence-electron chi connectivity index (χ3n) is 3.95. The zero-order valence-electron chi connectivity index (χ0n) is 13.9.